The zero-order valence-corrected chi connectivity index (χ0v) is 13.3. The second kappa shape index (κ2) is 6.35. The van der Waals surface area contributed by atoms with Gasteiger partial charge < -0.3 is 10.4 Å². The second-order valence-corrected chi connectivity index (χ2v) is 6.68. The second-order valence-electron chi connectivity index (χ2n) is 5.76. The lowest BCUT2D eigenvalue weighted by Gasteiger charge is -2.33. The highest BCUT2D eigenvalue weighted by atomic mass is 79.9. The van der Waals surface area contributed by atoms with Gasteiger partial charge in [0.05, 0.1) is 5.56 Å². The molecule has 1 aromatic rings. The third-order valence-corrected chi connectivity index (χ3v) is 3.57. The van der Waals surface area contributed by atoms with Crippen molar-refractivity contribution in [1.82, 2.24) is 0 Å². The number of halogens is 4. The highest BCUT2D eigenvalue weighted by Gasteiger charge is 2.35. The average Bonchev–Trinajstić information content (AvgIpc) is 2.25. The highest BCUT2D eigenvalue weighted by Crippen LogP contribution is 2.38. The molecule has 2 nitrogen and oxygen atoms in total. The van der Waals surface area contributed by atoms with E-state index in [0.717, 1.165) is 6.07 Å². The predicted molar refractivity (Wildman–Crippen MR) is 77.7 cm³/mol. The minimum atomic E-state index is -4.41. The molecule has 0 saturated heterocycles. The molecule has 0 aliphatic carbocycles. The summed E-state index contributed by atoms with van der Waals surface area (Å²) >= 11 is 3.19. The Labute approximate surface area is 125 Å². The van der Waals surface area contributed by atoms with Crippen LogP contribution in [0.25, 0.3) is 0 Å². The maximum absolute atomic E-state index is 13.0. The quantitative estimate of drug-likeness (QED) is 0.823. The van der Waals surface area contributed by atoms with Crippen LogP contribution in [-0.4, -0.2) is 17.8 Å². The Hall–Kier alpha value is -0.750. The van der Waals surface area contributed by atoms with Crippen molar-refractivity contribution in [2.75, 3.05) is 11.9 Å². The van der Waals surface area contributed by atoms with Crippen molar-refractivity contribution >= 4 is 21.6 Å². The van der Waals surface area contributed by atoms with Gasteiger partial charge in [0.25, 0.3) is 0 Å². The topological polar surface area (TPSA) is 32.3 Å². The van der Waals surface area contributed by atoms with Gasteiger partial charge in [0.1, 0.15) is 0 Å². The van der Waals surface area contributed by atoms with Crippen molar-refractivity contribution in [3.63, 3.8) is 0 Å². The summed E-state index contributed by atoms with van der Waals surface area (Å²) in [7, 11) is 0. The van der Waals surface area contributed by atoms with Crippen LogP contribution >= 0.6 is 15.9 Å². The molecular weight excluding hydrogens is 335 g/mol. The lowest BCUT2D eigenvalue weighted by atomic mass is 9.84. The van der Waals surface area contributed by atoms with Crippen LogP contribution in [-0.2, 0) is 6.18 Å². The van der Waals surface area contributed by atoms with E-state index in [2.05, 4.69) is 21.2 Å². The summed E-state index contributed by atoms with van der Waals surface area (Å²) < 4.78 is 39.6. The molecule has 1 atom stereocenters. The Balaban J connectivity index is 3.15. The smallest absolute Gasteiger partial charge is 0.396 e. The number of aliphatic hydroxyl groups excluding tert-OH is 1. The first kappa shape index (κ1) is 17.3. The minimum absolute atomic E-state index is 0.0280. The largest absolute Gasteiger partial charge is 0.418 e. The average molecular weight is 354 g/mol. The molecule has 0 aliphatic rings. The van der Waals surface area contributed by atoms with Crippen LogP contribution in [0, 0.1) is 5.41 Å². The molecule has 114 valence electrons. The predicted octanol–water partition coefficient (Wildman–Crippen LogP) is 4.68. The summed E-state index contributed by atoms with van der Waals surface area (Å²) in [6, 6.07) is 3.57. The minimum Gasteiger partial charge on any atom is -0.396 e. The van der Waals surface area contributed by atoms with Crippen LogP contribution in [0.1, 0.15) is 32.8 Å². The van der Waals surface area contributed by atoms with Gasteiger partial charge in [-0.2, -0.15) is 13.2 Å². The van der Waals surface area contributed by atoms with E-state index in [4.69, 9.17) is 5.11 Å². The van der Waals surface area contributed by atoms with E-state index in [1.165, 1.54) is 12.1 Å². The number of rotatable bonds is 4. The van der Waals surface area contributed by atoms with Gasteiger partial charge in [-0.25, -0.2) is 0 Å². The molecule has 0 heterocycles. The van der Waals surface area contributed by atoms with Crippen LogP contribution in [0.15, 0.2) is 22.7 Å². The van der Waals surface area contributed by atoms with Crippen LogP contribution in [0.5, 0.6) is 0 Å². The van der Waals surface area contributed by atoms with E-state index in [9.17, 15) is 13.2 Å². The Morgan fingerprint density at radius 3 is 2.30 bits per heavy atom. The van der Waals surface area contributed by atoms with Gasteiger partial charge in [0, 0.05) is 22.8 Å². The highest BCUT2D eigenvalue weighted by molar-refractivity contribution is 9.10. The van der Waals surface area contributed by atoms with E-state index in [-0.39, 0.29) is 23.8 Å². The van der Waals surface area contributed by atoms with Crippen molar-refractivity contribution in [3.8, 4) is 0 Å². The maximum Gasteiger partial charge on any atom is 0.418 e. The Bertz CT molecular complexity index is 455. The van der Waals surface area contributed by atoms with Crippen molar-refractivity contribution in [2.24, 2.45) is 5.41 Å². The Morgan fingerprint density at radius 1 is 1.25 bits per heavy atom. The molecule has 0 fully saturated rings. The summed E-state index contributed by atoms with van der Waals surface area (Å²) in [5.74, 6) is 0. The monoisotopic (exact) mass is 353 g/mol. The molecule has 0 amide bonds. The van der Waals surface area contributed by atoms with Crippen LogP contribution in [0.2, 0.25) is 0 Å². The summed E-state index contributed by atoms with van der Waals surface area (Å²) in [6.45, 7) is 5.69. The van der Waals surface area contributed by atoms with Gasteiger partial charge in [-0.1, -0.05) is 36.7 Å². The fourth-order valence-corrected chi connectivity index (χ4v) is 2.28. The zero-order chi connectivity index (χ0) is 15.6. The number of hydrogen-bond donors (Lipinski definition) is 2. The van der Waals surface area contributed by atoms with Crippen LogP contribution in [0.4, 0.5) is 18.9 Å². The molecule has 0 radical (unpaired) electrons. The first-order chi connectivity index (χ1) is 9.05. The van der Waals surface area contributed by atoms with Crippen molar-refractivity contribution < 1.29 is 18.3 Å². The lowest BCUT2D eigenvalue weighted by Crippen LogP contribution is -2.35. The molecule has 1 aromatic carbocycles. The molecule has 0 aromatic heterocycles. The molecule has 2 N–H and O–H groups in total. The number of alkyl halides is 3. The van der Waals surface area contributed by atoms with Crippen LogP contribution in [0.3, 0.4) is 0 Å². The fourth-order valence-electron chi connectivity index (χ4n) is 1.92. The SMILES string of the molecule is CC(C)(C)C(CCO)Nc1cc(Br)ccc1C(F)(F)F. The third kappa shape index (κ3) is 4.66. The molecule has 20 heavy (non-hydrogen) atoms. The maximum atomic E-state index is 13.0. The molecule has 1 rings (SSSR count). The first-order valence-electron chi connectivity index (χ1n) is 6.30. The fraction of sp³-hybridized carbons (Fsp3) is 0.571. The van der Waals surface area contributed by atoms with Crippen molar-refractivity contribution in [1.29, 1.82) is 0 Å². The van der Waals surface area contributed by atoms with E-state index in [0.29, 0.717) is 10.9 Å². The normalized spacial score (nSPS) is 14.2. The van der Waals surface area contributed by atoms with Crippen molar-refractivity contribution in [3.05, 3.63) is 28.2 Å². The Kier molecular flexibility index (Phi) is 5.49. The zero-order valence-electron chi connectivity index (χ0n) is 11.7. The van der Waals surface area contributed by atoms with Gasteiger partial charge in [0.15, 0.2) is 0 Å². The van der Waals surface area contributed by atoms with Crippen LogP contribution < -0.4 is 5.32 Å². The third-order valence-electron chi connectivity index (χ3n) is 3.08. The van der Waals surface area contributed by atoms with E-state index in [1.807, 2.05) is 20.8 Å². The van der Waals surface area contributed by atoms with Gasteiger partial charge >= 0.3 is 6.18 Å². The number of hydrogen-bond acceptors (Lipinski definition) is 2. The summed E-state index contributed by atoms with van der Waals surface area (Å²) in [5.41, 5.74) is -0.943. The standard InChI is InChI=1S/C14H19BrF3NO/c1-13(2,3)12(6-7-20)19-11-8-9(15)4-5-10(11)14(16,17)18/h4-5,8,12,19-20H,6-7H2,1-3H3. The van der Waals surface area contributed by atoms with E-state index >= 15 is 0 Å². The summed E-state index contributed by atoms with van der Waals surface area (Å²) in [6.07, 6.45) is -4.03. The van der Waals surface area contributed by atoms with Gasteiger partial charge in [0.2, 0.25) is 0 Å². The molecule has 0 spiro atoms. The molecule has 0 saturated carbocycles. The van der Waals surface area contributed by atoms with Crippen molar-refractivity contribution in [2.45, 2.75) is 39.4 Å². The van der Waals surface area contributed by atoms with Gasteiger partial charge in [-0.15, -0.1) is 0 Å². The van der Waals surface area contributed by atoms with E-state index in [1.54, 1.807) is 0 Å². The molecule has 6 heteroatoms. The van der Waals surface area contributed by atoms with Gasteiger partial charge in [-0.05, 0) is 30.0 Å². The molecule has 0 aliphatic heterocycles. The Morgan fingerprint density at radius 2 is 1.85 bits per heavy atom. The van der Waals surface area contributed by atoms with E-state index < -0.39 is 11.7 Å². The molecule has 1 unspecified atom stereocenters. The molecule has 0 bridgehead atoms. The number of anilines is 1. The first-order valence-corrected chi connectivity index (χ1v) is 7.09. The number of aliphatic hydroxyl groups is 1. The number of benzene rings is 1. The lowest BCUT2D eigenvalue weighted by molar-refractivity contribution is -0.137. The number of nitrogens with one attached hydrogen (secondary N) is 1. The molecular formula is C14H19BrF3NO. The summed E-state index contributed by atoms with van der Waals surface area (Å²) in [4.78, 5) is 0. The summed E-state index contributed by atoms with van der Waals surface area (Å²) in [5, 5.41) is 12.0. The van der Waals surface area contributed by atoms with Gasteiger partial charge in [-0.3, -0.25) is 0 Å².